The predicted octanol–water partition coefficient (Wildman–Crippen LogP) is 2.10. The summed E-state index contributed by atoms with van der Waals surface area (Å²) in [4.78, 5) is 13.4. The molecule has 0 bridgehead atoms. The lowest BCUT2D eigenvalue weighted by molar-refractivity contribution is -0.139. The quantitative estimate of drug-likeness (QED) is 0.718. The van der Waals surface area contributed by atoms with Gasteiger partial charge in [0.25, 0.3) is 0 Å². The molecule has 0 amide bonds. The van der Waals surface area contributed by atoms with Crippen LogP contribution in [0, 0.1) is 0 Å². The maximum absolute atomic E-state index is 11.2. The molecular formula is C14H23NO3S. The number of ether oxygens (including phenoxy) is 1. The van der Waals surface area contributed by atoms with Gasteiger partial charge in [0.15, 0.2) is 0 Å². The molecule has 2 N–H and O–H groups in total. The fraction of sp³-hybridized carbons (Fsp3) is 0.643. The van der Waals surface area contributed by atoms with Gasteiger partial charge < -0.3 is 15.2 Å². The van der Waals surface area contributed by atoms with Crippen molar-refractivity contribution in [1.29, 1.82) is 0 Å². The second kappa shape index (κ2) is 7.62. The summed E-state index contributed by atoms with van der Waals surface area (Å²) in [6.07, 6.45) is 2.11. The van der Waals surface area contributed by atoms with Gasteiger partial charge in [0.05, 0.1) is 20.1 Å². The number of hydrogen-bond acceptors (Lipinski definition) is 5. The average Bonchev–Trinajstić information content (AvgIpc) is 2.88. The van der Waals surface area contributed by atoms with Gasteiger partial charge in [-0.25, -0.2) is 0 Å². The minimum atomic E-state index is -0.215. The van der Waals surface area contributed by atoms with Crippen molar-refractivity contribution in [2.75, 3.05) is 13.7 Å². The Morgan fingerprint density at radius 1 is 1.37 bits per heavy atom. The van der Waals surface area contributed by atoms with Gasteiger partial charge in [-0.3, -0.25) is 4.79 Å². The molecule has 0 aliphatic rings. The van der Waals surface area contributed by atoms with Crippen molar-refractivity contribution in [2.45, 2.75) is 45.2 Å². The number of thiophene rings is 1. The van der Waals surface area contributed by atoms with E-state index in [1.54, 1.807) is 11.3 Å². The van der Waals surface area contributed by atoms with Crippen molar-refractivity contribution in [3.63, 3.8) is 0 Å². The summed E-state index contributed by atoms with van der Waals surface area (Å²) in [6, 6.07) is 3.97. The lowest BCUT2D eigenvalue weighted by atomic mass is 9.94. The summed E-state index contributed by atoms with van der Waals surface area (Å²) in [5.41, 5.74) is -0.202. The van der Waals surface area contributed by atoms with E-state index in [0.717, 1.165) is 17.7 Å². The van der Waals surface area contributed by atoms with E-state index >= 15 is 0 Å². The fourth-order valence-electron chi connectivity index (χ4n) is 1.88. The van der Waals surface area contributed by atoms with E-state index < -0.39 is 0 Å². The number of esters is 1. The molecular weight excluding hydrogens is 262 g/mol. The van der Waals surface area contributed by atoms with Crippen LogP contribution in [0.1, 0.15) is 36.4 Å². The average molecular weight is 285 g/mol. The molecule has 1 rings (SSSR count). The molecule has 0 radical (unpaired) electrons. The van der Waals surface area contributed by atoms with E-state index in [1.165, 1.54) is 12.0 Å². The van der Waals surface area contributed by atoms with Crippen LogP contribution >= 0.6 is 11.3 Å². The van der Waals surface area contributed by atoms with Gasteiger partial charge in [0.1, 0.15) is 0 Å². The molecule has 0 atom stereocenters. The molecule has 1 aromatic rings. The Morgan fingerprint density at radius 3 is 2.53 bits per heavy atom. The highest BCUT2D eigenvalue weighted by molar-refractivity contribution is 7.12. The topological polar surface area (TPSA) is 58.6 Å². The summed E-state index contributed by atoms with van der Waals surface area (Å²) < 4.78 is 4.65. The minimum absolute atomic E-state index is 0.139. The largest absolute Gasteiger partial charge is 0.469 e. The van der Waals surface area contributed by atoms with E-state index in [0.29, 0.717) is 13.0 Å². The van der Waals surface area contributed by atoms with Crippen molar-refractivity contribution in [1.82, 2.24) is 5.32 Å². The highest BCUT2D eigenvalue weighted by Crippen LogP contribution is 2.20. The van der Waals surface area contributed by atoms with Crippen LogP contribution < -0.4 is 5.32 Å². The van der Waals surface area contributed by atoms with Crippen LogP contribution in [0.5, 0.6) is 0 Å². The van der Waals surface area contributed by atoms with Crippen LogP contribution in [-0.4, -0.2) is 30.3 Å². The van der Waals surface area contributed by atoms with E-state index in [9.17, 15) is 9.90 Å². The third-order valence-corrected chi connectivity index (χ3v) is 4.64. The molecule has 4 nitrogen and oxygen atoms in total. The number of carbonyl (C=O) groups is 1. The van der Waals surface area contributed by atoms with Crippen LogP contribution in [0.3, 0.4) is 0 Å². The van der Waals surface area contributed by atoms with Crippen LogP contribution in [0.4, 0.5) is 0 Å². The number of carbonyl (C=O) groups excluding carboxylic acids is 1. The first kappa shape index (κ1) is 16.1. The van der Waals surface area contributed by atoms with E-state index in [2.05, 4.69) is 23.9 Å². The van der Waals surface area contributed by atoms with Gasteiger partial charge in [-0.2, -0.15) is 0 Å². The van der Waals surface area contributed by atoms with Gasteiger partial charge in [0, 0.05) is 21.8 Å². The van der Waals surface area contributed by atoms with Gasteiger partial charge in [-0.15, -0.1) is 11.3 Å². The number of rotatable bonds is 8. The molecule has 1 aromatic heterocycles. The normalized spacial score (nSPS) is 11.6. The smallest absolute Gasteiger partial charge is 0.310 e. The van der Waals surface area contributed by atoms with Gasteiger partial charge >= 0.3 is 5.97 Å². The van der Waals surface area contributed by atoms with Crippen molar-refractivity contribution in [3.05, 3.63) is 21.9 Å². The Kier molecular flexibility index (Phi) is 6.48. The van der Waals surface area contributed by atoms with Crippen LogP contribution in [0.25, 0.3) is 0 Å². The van der Waals surface area contributed by atoms with Gasteiger partial charge in [-0.05, 0) is 25.0 Å². The molecule has 19 heavy (non-hydrogen) atoms. The fourth-order valence-corrected chi connectivity index (χ4v) is 2.82. The first-order valence-electron chi connectivity index (χ1n) is 6.59. The Labute approximate surface area is 118 Å². The highest BCUT2D eigenvalue weighted by Gasteiger charge is 2.24. The maximum Gasteiger partial charge on any atom is 0.310 e. The maximum atomic E-state index is 11.2. The van der Waals surface area contributed by atoms with Crippen LogP contribution in [-0.2, 0) is 22.5 Å². The lowest BCUT2D eigenvalue weighted by Crippen LogP contribution is -2.46. The molecule has 0 aliphatic heterocycles. The number of nitrogens with one attached hydrogen (secondary N) is 1. The van der Waals surface area contributed by atoms with Crippen molar-refractivity contribution >= 4 is 17.3 Å². The summed E-state index contributed by atoms with van der Waals surface area (Å²) in [5.74, 6) is -0.215. The summed E-state index contributed by atoms with van der Waals surface area (Å²) in [5, 5.41) is 12.9. The first-order valence-corrected chi connectivity index (χ1v) is 7.41. The Bertz CT molecular complexity index is 391. The first-order chi connectivity index (χ1) is 9.09. The summed E-state index contributed by atoms with van der Waals surface area (Å²) >= 11 is 1.60. The number of hydrogen-bond donors (Lipinski definition) is 2. The second-order valence-corrected chi connectivity index (χ2v) is 5.87. The molecule has 0 spiro atoms. The van der Waals surface area contributed by atoms with Crippen molar-refractivity contribution < 1.29 is 14.6 Å². The molecule has 0 unspecified atom stereocenters. The van der Waals surface area contributed by atoms with Gasteiger partial charge in [0.2, 0.25) is 0 Å². The molecule has 108 valence electrons. The minimum Gasteiger partial charge on any atom is -0.469 e. The molecule has 5 heteroatoms. The zero-order chi connectivity index (χ0) is 14.3. The number of aliphatic hydroxyl groups excluding tert-OH is 1. The molecule has 0 fully saturated rings. The number of aliphatic hydroxyl groups is 1. The van der Waals surface area contributed by atoms with E-state index in [4.69, 9.17) is 0 Å². The van der Waals surface area contributed by atoms with E-state index in [1.807, 2.05) is 12.1 Å². The third kappa shape index (κ3) is 4.60. The number of methoxy groups -OCH3 is 1. The lowest BCUT2D eigenvalue weighted by Gasteiger charge is -2.30. The molecule has 0 saturated heterocycles. The zero-order valence-electron chi connectivity index (χ0n) is 11.9. The Morgan fingerprint density at radius 2 is 2.00 bits per heavy atom. The predicted molar refractivity (Wildman–Crippen MR) is 77.3 cm³/mol. The van der Waals surface area contributed by atoms with E-state index in [-0.39, 0.29) is 18.1 Å². The Hall–Kier alpha value is -0.910. The van der Waals surface area contributed by atoms with Crippen molar-refractivity contribution in [3.8, 4) is 0 Å². The zero-order valence-corrected chi connectivity index (χ0v) is 12.7. The van der Waals surface area contributed by atoms with Crippen molar-refractivity contribution in [2.24, 2.45) is 0 Å². The standard InChI is InChI=1S/C14H23NO3S/c1-4-14(5-2,10-16)15-9-12-7-6-11(19-12)8-13(17)18-3/h6-7,15-16H,4-5,8-10H2,1-3H3. The molecule has 0 aromatic carbocycles. The summed E-state index contributed by atoms with van der Waals surface area (Å²) in [6.45, 7) is 5.00. The SMILES string of the molecule is CCC(CC)(CO)NCc1ccc(CC(=O)OC)s1. The molecule has 0 saturated carbocycles. The van der Waals surface area contributed by atoms with Gasteiger partial charge in [-0.1, -0.05) is 13.8 Å². The molecule has 1 heterocycles. The molecule has 0 aliphatic carbocycles. The third-order valence-electron chi connectivity index (χ3n) is 3.56. The van der Waals surface area contributed by atoms with Crippen LogP contribution in [0.2, 0.25) is 0 Å². The Balaban J connectivity index is 2.56. The summed E-state index contributed by atoms with van der Waals surface area (Å²) in [7, 11) is 1.40. The van der Waals surface area contributed by atoms with Crippen LogP contribution in [0.15, 0.2) is 12.1 Å². The monoisotopic (exact) mass is 285 g/mol. The second-order valence-electron chi connectivity index (χ2n) is 4.62. The highest BCUT2D eigenvalue weighted by atomic mass is 32.1.